The van der Waals surface area contributed by atoms with E-state index < -0.39 is 5.97 Å². The number of aliphatic carboxylic acids is 1. The van der Waals surface area contributed by atoms with Crippen LogP contribution in [0.5, 0.6) is 0 Å². The maximum absolute atomic E-state index is 10.2. The van der Waals surface area contributed by atoms with Crippen molar-refractivity contribution >= 4 is 5.97 Å². The zero-order valence-electron chi connectivity index (χ0n) is 7.79. The van der Waals surface area contributed by atoms with Gasteiger partial charge in [-0.15, -0.1) is 0 Å². The van der Waals surface area contributed by atoms with Gasteiger partial charge < -0.3 is 15.2 Å². The topological polar surface area (TPSA) is 58.6 Å². The molecule has 0 aromatic rings. The van der Waals surface area contributed by atoms with Crippen molar-refractivity contribution < 1.29 is 14.6 Å². The van der Waals surface area contributed by atoms with Crippen LogP contribution in [-0.2, 0) is 9.53 Å². The Kier molecular flexibility index (Phi) is 4.78. The first kappa shape index (κ1) is 10.5. The summed E-state index contributed by atoms with van der Waals surface area (Å²) in [5.41, 5.74) is 0. The number of carbonyl (C=O) groups is 1. The smallest absolute Gasteiger partial charge is 0.329 e. The van der Waals surface area contributed by atoms with Gasteiger partial charge in [-0.2, -0.15) is 0 Å². The van der Waals surface area contributed by atoms with Gasteiger partial charge in [0.1, 0.15) is 6.61 Å². The van der Waals surface area contributed by atoms with E-state index in [-0.39, 0.29) is 6.61 Å². The monoisotopic (exact) mass is 187 g/mol. The molecular formula is C9H17NO3. The van der Waals surface area contributed by atoms with E-state index in [1.54, 1.807) is 0 Å². The summed E-state index contributed by atoms with van der Waals surface area (Å²) in [5, 5.41) is 11.7. The van der Waals surface area contributed by atoms with E-state index in [4.69, 9.17) is 9.84 Å². The van der Waals surface area contributed by atoms with Crippen LogP contribution >= 0.6 is 0 Å². The van der Waals surface area contributed by atoms with Crippen LogP contribution in [0, 0.1) is 0 Å². The van der Waals surface area contributed by atoms with Crippen molar-refractivity contribution in [3.05, 3.63) is 0 Å². The van der Waals surface area contributed by atoms with Gasteiger partial charge in [0.2, 0.25) is 0 Å². The molecule has 1 atom stereocenters. The zero-order valence-corrected chi connectivity index (χ0v) is 7.79. The lowest BCUT2D eigenvalue weighted by Crippen LogP contribution is -2.33. The van der Waals surface area contributed by atoms with Crippen LogP contribution in [0.15, 0.2) is 0 Å². The summed E-state index contributed by atoms with van der Waals surface area (Å²) in [6.07, 6.45) is 4.80. The van der Waals surface area contributed by atoms with Gasteiger partial charge >= 0.3 is 5.97 Å². The number of rotatable bonds is 4. The van der Waals surface area contributed by atoms with Crippen molar-refractivity contribution in [3.8, 4) is 0 Å². The van der Waals surface area contributed by atoms with E-state index in [1.807, 2.05) is 0 Å². The SMILES string of the molecule is O=C(O)COCC1CCCCCN1. The van der Waals surface area contributed by atoms with Gasteiger partial charge in [-0.25, -0.2) is 4.79 Å². The molecule has 0 saturated carbocycles. The van der Waals surface area contributed by atoms with Gasteiger partial charge in [-0.05, 0) is 19.4 Å². The molecule has 0 spiro atoms. The minimum atomic E-state index is -0.895. The molecule has 1 aliphatic heterocycles. The lowest BCUT2D eigenvalue weighted by Gasteiger charge is -2.14. The van der Waals surface area contributed by atoms with Crippen molar-refractivity contribution in [2.75, 3.05) is 19.8 Å². The Morgan fingerprint density at radius 3 is 3.08 bits per heavy atom. The molecule has 0 aromatic heterocycles. The van der Waals surface area contributed by atoms with Gasteiger partial charge in [0.15, 0.2) is 0 Å². The largest absolute Gasteiger partial charge is 0.480 e. The summed E-state index contributed by atoms with van der Waals surface area (Å²) in [7, 11) is 0. The molecule has 0 aliphatic carbocycles. The number of carboxylic acids is 1. The van der Waals surface area contributed by atoms with E-state index in [1.165, 1.54) is 19.3 Å². The number of carboxylic acid groups (broad SMARTS) is 1. The van der Waals surface area contributed by atoms with Crippen LogP contribution in [0.3, 0.4) is 0 Å². The quantitative estimate of drug-likeness (QED) is 0.677. The van der Waals surface area contributed by atoms with Crippen LogP contribution in [-0.4, -0.2) is 36.9 Å². The third-order valence-electron chi connectivity index (χ3n) is 2.21. The van der Waals surface area contributed by atoms with Gasteiger partial charge in [0.25, 0.3) is 0 Å². The summed E-state index contributed by atoms with van der Waals surface area (Å²) >= 11 is 0. The average Bonchev–Trinajstić information content (AvgIpc) is 2.32. The molecule has 76 valence electrons. The fourth-order valence-corrected chi connectivity index (χ4v) is 1.53. The van der Waals surface area contributed by atoms with Crippen molar-refractivity contribution in [2.24, 2.45) is 0 Å². The third-order valence-corrected chi connectivity index (χ3v) is 2.21. The zero-order chi connectivity index (χ0) is 9.52. The number of ether oxygens (including phenoxy) is 1. The second-order valence-electron chi connectivity index (χ2n) is 3.41. The van der Waals surface area contributed by atoms with E-state index in [2.05, 4.69) is 5.32 Å². The van der Waals surface area contributed by atoms with Crippen LogP contribution in [0.1, 0.15) is 25.7 Å². The third kappa shape index (κ3) is 4.85. The van der Waals surface area contributed by atoms with E-state index in [0.29, 0.717) is 12.6 Å². The van der Waals surface area contributed by atoms with Gasteiger partial charge in [-0.1, -0.05) is 12.8 Å². The Labute approximate surface area is 78.3 Å². The van der Waals surface area contributed by atoms with Crippen LogP contribution in [0.4, 0.5) is 0 Å². The summed E-state index contributed by atoms with van der Waals surface area (Å²) in [5.74, 6) is -0.895. The van der Waals surface area contributed by atoms with Crippen molar-refractivity contribution in [3.63, 3.8) is 0 Å². The van der Waals surface area contributed by atoms with Crippen molar-refractivity contribution in [2.45, 2.75) is 31.7 Å². The predicted molar refractivity (Wildman–Crippen MR) is 48.7 cm³/mol. The molecule has 1 fully saturated rings. The van der Waals surface area contributed by atoms with Crippen LogP contribution in [0.2, 0.25) is 0 Å². The Morgan fingerprint density at radius 1 is 1.46 bits per heavy atom. The summed E-state index contributed by atoms with van der Waals surface area (Å²) < 4.78 is 5.03. The molecular weight excluding hydrogens is 170 g/mol. The molecule has 1 saturated heterocycles. The standard InChI is InChI=1S/C9H17NO3/c11-9(12)7-13-6-8-4-2-1-3-5-10-8/h8,10H,1-7H2,(H,11,12). The highest BCUT2D eigenvalue weighted by Crippen LogP contribution is 2.08. The highest BCUT2D eigenvalue weighted by Gasteiger charge is 2.11. The first-order valence-electron chi connectivity index (χ1n) is 4.82. The average molecular weight is 187 g/mol. The van der Waals surface area contributed by atoms with Crippen LogP contribution < -0.4 is 5.32 Å². The first-order chi connectivity index (χ1) is 6.29. The lowest BCUT2D eigenvalue weighted by molar-refractivity contribution is -0.142. The Morgan fingerprint density at radius 2 is 2.31 bits per heavy atom. The Bertz CT molecular complexity index is 153. The maximum atomic E-state index is 10.2. The fourth-order valence-electron chi connectivity index (χ4n) is 1.53. The number of hydrogen-bond donors (Lipinski definition) is 2. The molecule has 13 heavy (non-hydrogen) atoms. The number of nitrogens with one attached hydrogen (secondary N) is 1. The predicted octanol–water partition coefficient (Wildman–Crippen LogP) is 0.620. The molecule has 1 heterocycles. The normalized spacial score (nSPS) is 23.8. The molecule has 0 amide bonds. The summed E-state index contributed by atoms with van der Waals surface area (Å²) in [6, 6.07) is 0.349. The molecule has 1 unspecified atom stereocenters. The molecule has 1 aliphatic rings. The van der Waals surface area contributed by atoms with Gasteiger partial charge in [0, 0.05) is 6.04 Å². The fraction of sp³-hybridized carbons (Fsp3) is 0.889. The van der Waals surface area contributed by atoms with Gasteiger partial charge in [0.05, 0.1) is 6.61 Å². The summed E-state index contributed by atoms with van der Waals surface area (Å²) in [4.78, 5) is 10.2. The molecule has 0 aromatic carbocycles. The lowest BCUT2D eigenvalue weighted by atomic mass is 10.1. The second-order valence-corrected chi connectivity index (χ2v) is 3.41. The van der Waals surface area contributed by atoms with E-state index >= 15 is 0 Å². The molecule has 2 N–H and O–H groups in total. The minimum absolute atomic E-state index is 0.182. The molecule has 1 rings (SSSR count). The van der Waals surface area contributed by atoms with Crippen LogP contribution in [0.25, 0.3) is 0 Å². The van der Waals surface area contributed by atoms with E-state index in [0.717, 1.165) is 13.0 Å². The first-order valence-corrected chi connectivity index (χ1v) is 4.82. The van der Waals surface area contributed by atoms with E-state index in [9.17, 15) is 4.79 Å². The molecule has 0 radical (unpaired) electrons. The Hall–Kier alpha value is -0.610. The Balaban J connectivity index is 2.08. The van der Waals surface area contributed by atoms with Crippen molar-refractivity contribution in [1.82, 2.24) is 5.32 Å². The maximum Gasteiger partial charge on any atom is 0.329 e. The number of hydrogen-bond acceptors (Lipinski definition) is 3. The van der Waals surface area contributed by atoms with Crippen molar-refractivity contribution in [1.29, 1.82) is 0 Å². The second kappa shape index (κ2) is 5.94. The highest BCUT2D eigenvalue weighted by atomic mass is 16.5. The molecule has 0 bridgehead atoms. The highest BCUT2D eigenvalue weighted by molar-refractivity contribution is 5.67. The summed E-state index contributed by atoms with van der Waals surface area (Å²) in [6.45, 7) is 1.37. The molecule has 4 nitrogen and oxygen atoms in total. The molecule has 4 heteroatoms. The van der Waals surface area contributed by atoms with Gasteiger partial charge in [-0.3, -0.25) is 0 Å². The minimum Gasteiger partial charge on any atom is -0.480 e.